The molecule has 1 aromatic heterocycles. The van der Waals surface area contributed by atoms with Crippen LogP contribution in [0.2, 0.25) is 0 Å². The monoisotopic (exact) mass is 377 g/mol. The fourth-order valence-corrected chi connectivity index (χ4v) is 3.46. The topological polar surface area (TPSA) is 65.2 Å². The van der Waals surface area contributed by atoms with Gasteiger partial charge in [-0.2, -0.15) is 0 Å². The molecule has 0 fully saturated rings. The van der Waals surface area contributed by atoms with Gasteiger partial charge in [0, 0.05) is 28.8 Å². The summed E-state index contributed by atoms with van der Waals surface area (Å²) in [5, 5.41) is 3.98. The van der Waals surface area contributed by atoms with Gasteiger partial charge in [-0.1, -0.05) is 43.3 Å². The Balaban J connectivity index is 1.72. The van der Waals surface area contributed by atoms with Crippen LogP contribution in [0.3, 0.4) is 0 Å². The predicted octanol–water partition coefficient (Wildman–Crippen LogP) is 4.20. The number of para-hydroxylation sites is 2. The SMILES string of the molecule is CCCN(CC(=O)Nc1ccccc1C)C(=O)Cc1c(C)[nH]c2ccccc12. The van der Waals surface area contributed by atoms with Crippen LogP contribution in [0.1, 0.15) is 30.2 Å². The van der Waals surface area contributed by atoms with Crippen molar-refractivity contribution in [3.05, 3.63) is 65.4 Å². The number of nitrogens with one attached hydrogen (secondary N) is 2. The van der Waals surface area contributed by atoms with E-state index in [4.69, 9.17) is 0 Å². The normalized spacial score (nSPS) is 10.8. The summed E-state index contributed by atoms with van der Waals surface area (Å²) in [6, 6.07) is 15.6. The van der Waals surface area contributed by atoms with Crippen LogP contribution in [-0.2, 0) is 16.0 Å². The zero-order chi connectivity index (χ0) is 20.1. The number of benzene rings is 2. The number of anilines is 1. The number of amides is 2. The van der Waals surface area contributed by atoms with Crippen LogP contribution in [0.4, 0.5) is 5.69 Å². The van der Waals surface area contributed by atoms with Gasteiger partial charge < -0.3 is 15.2 Å². The van der Waals surface area contributed by atoms with Crippen molar-refractivity contribution < 1.29 is 9.59 Å². The minimum Gasteiger partial charge on any atom is -0.358 e. The molecule has 0 unspecified atom stereocenters. The van der Waals surface area contributed by atoms with Crippen molar-refractivity contribution in [1.29, 1.82) is 0 Å². The summed E-state index contributed by atoms with van der Waals surface area (Å²) in [6.07, 6.45) is 1.09. The van der Waals surface area contributed by atoms with Gasteiger partial charge in [-0.25, -0.2) is 0 Å². The molecular weight excluding hydrogens is 350 g/mol. The van der Waals surface area contributed by atoms with Crippen LogP contribution in [0.25, 0.3) is 10.9 Å². The Morgan fingerprint density at radius 3 is 2.50 bits per heavy atom. The molecule has 0 atom stereocenters. The molecule has 28 heavy (non-hydrogen) atoms. The lowest BCUT2D eigenvalue weighted by atomic mass is 10.1. The number of hydrogen-bond acceptors (Lipinski definition) is 2. The molecule has 0 saturated carbocycles. The van der Waals surface area contributed by atoms with Gasteiger partial charge in [-0.15, -0.1) is 0 Å². The summed E-state index contributed by atoms with van der Waals surface area (Å²) in [6.45, 7) is 6.56. The number of hydrogen-bond donors (Lipinski definition) is 2. The quantitative estimate of drug-likeness (QED) is 0.648. The Morgan fingerprint density at radius 2 is 1.75 bits per heavy atom. The average molecular weight is 377 g/mol. The first-order chi connectivity index (χ1) is 13.5. The number of H-pyrrole nitrogens is 1. The lowest BCUT2D eigenvalue weighted by Crippen LogP contribution is -2.39. The molecule has 5 heteroatoms. The van der Waals surface area contributed by atoms with Crippen LogP contribution in [0.5, 0.6) is 0 Å². The number of aromatic amines is 1. The van der Waals surface area contributed by atoms with Crippen LogP contribution < -0.4 is 5.32 Å². The van der Waals surface area contributed by atoms with Gasteiger partial charge in [-0.05, 0) is 43.5 Å². The molecule has 1 heterocycles. The van der Waals surface area contributed by atoms with E-state index in [1.165, 1.54) is 0 Å². The molecule has 3 aromatic rings. The highest BCUT2D eigenvalue weighted by Gasteiger charge is 2.20. The fourth-order valence-electron chi connectivity index (χ4n) is 3.46. The largest absolute Gasteiger partial charge is 0.358 e. The van der Waals surface area contributed by atoms with Crippen molar-refractivity contribution in [2.24, 2.45) is 0 Å². The third-order valence-corrected chi connectivity index (χ3v) is 4.95. The van der Waals surface area contributed by atoms with Crippen molar-refractivity contribution in [2.75, 3.05) is 18.4 Å². The van der Waals surface area contributed by atoms with Crippen LogP contribution >= 0.6 is 0 Å². The maximum atomic E-state index is 13.0. The lowest BCUT2D eigenvalue weighted by molar-refractivity contribution is -0.134. The molecular formula is C23H27N3O2. The van der Waals surface area contributed by atoms with E-state index in [0.717, 1.165) is 39.8 Å². The van der Waals surface area contributed by atoms with Gasteiger partial charge in [0.2, 0.25) is 11.8 Å². The van der Waals surface area contributed by atoms with E-state index >= 15 is 0 Å². The van der Waals surface area contributed by atoms with E-state index < -0.39 is 0 Å². The van der Waals surface area contributed by atoms with E-state index in [1.54, 1.807) is 4.90 Å². The van der Waals surface area contributed by atoms with Gasteiger partial charge in [0.1, 0.15) is 0 Å². The molecule has 0 aliphatic heterocycles. The highest BCUT2D eigenvalue weighted by molar-refractivity contribution is 5.96. The standard InChI is InChI=1S/C23H27N3O2/c1-4-13-26(15-22(27)25-20-11-7-5-9-16(20)2)23(28)14-19-17(3)24-21-12-8-6-10-18(19)21/h5-12,24H,4,13-15H2,1-3H3,(H,25,27). The fraction of sp³-hybridized carbons (Fsp3) is 0.304. The molecule has 0 aliphatic carbocycles. The second-order valence-corrected chi connectivity index (χ2v) is 7.13. The van der Waals surface area contributed by atoms with Crippen molar-refractivity contribution in [3.8, 4) is 0 Å². The molecule has 146 valence electrons. The number of rotatable bonds is 7. The van der Waals surface area contributed by atoms with E-state index in [2.05, 4.69) is 10.3 Å². The van der Waals surface area contributed by atoms with Gasteiger partial charge in [0.15, 0.2) is 0 Å². The first kappa shape index (κ1) is 19.7. The zero-order valence-corrected chi connectivity index (χ0v) is 16.7. The van der Waals surface area contributed by atoms with Crippen molar-refractivity contribution >= 4 is 28.4 Å². The molecule has 0 saturated heterocycles. The zero-order valence-electron chi connectivity index (χ0n) is 16.7. The molecule has 0 aliphatic rings. The number of aryl methyl sites for hydroxylation is 2. The highest BCUT2D eigenvalue weighted by Crippen LogP contribution is 2.23. The molecule has 2 N–H and O–H groups in total. The number of fused-ring (bicyclic) bond motifs is 1. The van der Waals surface area contributed by atoms with Crippen molar-refractivity contribution in [2.45, 2.75) is 33.6 Å². The van der Waals surface area contributed by atoms with Crippen molar-refractivity contribution in [1.82, 2.24) is 9.88 Å². The maximum absolute atomic E-state index is 13.0. The first-order valence-corrected chi connectivity index (χ1v) is 9.69. The summed E-state index contributed by atoms with van der Waals surface area (Å²) < 4.78 is 0. The van der Waals surface area contributed by atoms with Gasteiger partial charge in [0.25, 0.3) is 0 Å². The summed E-state index contributed by atoms with van der Waals surface area (Å²) in [7, 11) is 0. The molecule has 5 nitrogen and oxygen atoms in total. The minimum atomic E-state index is -0.174. The van der Waals surface area contributed by atoms with Crippen LogP contribution in [0.15, 0.2) is 48.5 Å². The second kappa shape index (κ2) is 8.74. The Bertz CT molecular complexity index is 990. The van der Waals surface area contributed by atoms with E-state index in [1.807, 2.05) is 69.3 Å². The van der Waals surface area contributed by atoms with E-state index in [0.29, 0.717) is 6.54 Å². The molecule has 2 amide bonds. The summed E-state index contributed by atoms with van der Waals surface area (Å²) >= 11 is 0. The highest BCUT2D eigenvalue weighted by atomic mass is 16.2. The van der Waals surface area contributed by atoms with Crippen molar-refractivity contribution in [3.63, 3.8) is 0 Å². The summed E-state index contributed by atoms with van der Waals surface area (Å²) in [4.78, 5) is 30.5. The average Bonchev–Trinajstić information content (AvgIpc) is 2.98. The molecule has 0 bridgehead atoms. The van der Waals surface area contributed by atoms with Gasteiger partial charge in [-0.3, -0.25) is 9.59 Å². The lowest BCUT2D eigenvalue weighted by Gasteiger charge is -2.22. The first-order valence-electron chi connectivity index (χ1n) is 9.69. The maximum Gasteiger partial charge on any atom is 0.244 e. The van der Waals surface area contributed by atoms with Gasteiger partial charge in [0.05, 0.1) is 13.0 Å². The van der Waals surface area contributed by atoms with Crippen LogP contribution in [-0.4, -0.2) is 34.8 Å². The number of aromatic nitrogens is 1. The smallest absolute Gasteiger partial charge is 0.244 e. The Hall–Kier alpha value is -3.08. The number of nitrogens with zero attached hydrogens (tertiary/aromatic N) is 1. The Labute approximate surface area is 165 Å². The van der Waals surface area contributed by atoms with Gasteiger partial charge >= 0.3 is 0 Å². The Kier molecular flexibility index (Phi) is 6.14. The van der Waals surface area contributed by atoms with E-state index in [-0.39, 0.29) is 24.8 Å². The molecule has 0 spiro atoms. The predicted molar refractivity (Wildman–Crippen MR) is 113 cm³/mol. The van der Waals surface area contributed by atoms with Crippen LogP contribution in [0, 0.1) is 13.8 Å². The third-order valence-electron chi connectivity index (χ3n) is 4.95. The number of carbonyl (C=O) groups excluding carboxylic acids is 2. The summed E-state index contributed by atoms with van der Waals surface area (Å²) in [5.74, 6) is -0.207. The molecule has 2 aromatic carbocycles. The second-order valence-electron chi connectivity index (χ2n) is 7.13. The van der Waals surface area contributed by atoms with E-state index in [9.17, 15) is 9.59 Å². The molecule has 3 rings (SSSR count). The number of carbonyl (C=O) groups is 2. The Morgan fingerprint density at radius 1 is 1.04 bits per heavy atom. The third kappa shape index (κ3) is 4.42. The molecule has 0 radical (unpaired) electrons. The summed E-state index contributed by atoms with van der Waals surface area (Å²) in [5.41, 5.74) is 4.81. The minimum absolute atomic E-state index is 0.0327.